The molecule has 0 spiro atoms. The van der Waals surface area contributed by atoms with Crippen molar-refractivity contribution in [3.63, 3.8) is 0 Å². The van der Waals surface area contributed by atoms with E-state index in [0.717, 1.165) is 28.4 Å². The van der Waals surface area contributed by atoms with E-state index >= 15 is 0 Å². The molecule has 0 aromatic carbocycles. The molecule has 22 heavy (non-hydrogen) atoms. The van der Waals surface area contributed by atoms with Crippen molar-refractivity contribution < 1.29 is 9.53 Å². The van der Waals surface area contributed by atoms with Gasteiger partial charge >= 0.3 is 0 Å². The van der Waals surface area contributed by atoms with Gasteiger partial charge in [-0.3, -0.25) is 9.48 Å². The van der Waals surface area contributed by atoms with Crippen LogP contribution in [0.1, 0.15) is 34.5 Å². The first-order chi connectivity index (χ1) is 10.5. The van der Waals surface area contributed by atoms with Gasteiger partial charge in [0, 0.05) is 30.3 Å². The molecule has 1 saturated heterocycles. The number of hydrogen-bond acceptors (Lipinski definition) is 5. The Morgan fingerprint density at radius 1 is 1.55 bits per heavy atom. The minimum atomic E-state index is -0.116. The summed E-state index contributed by atoms with van der Waals surface area (Å²) in [6.45, 7) is 4.61. The van der Waals surface area contributed by atoms with Crippen LogP contribution >= 0.6 is 11.3 Å². The summed E-state index contributed by atoms with van der Waals surface area (Å²) < 4.78 is 7.65. The number of carbonyl (C=O) groups excluding carboxylic acids is 1. The topological polar surface area (TPSA) is 69.0 Å². The van der Waals surface area contributed by atoms with E-state index in [4.69, 9.17) is 4.74 Å². The van der Waals surface area contributed by atoms with Crippen molar-refractivity contribution in [2.24, 2.45) is 7.05 Å². The Morgan fingerprint density at radius 2 is 2.36 bits per heavy atom. The maximum atomic E-state index is 12.2. The zero-order valence-electron chi connectivity index (χ0n) is 13.0. The van der Waals surface area contributed by atoms with E-state index in [9.17, 15) is 4.79 Å². The molecule has 6 nitrogen and oxygen atoms in total. The van der Waals surface area contributed by atoms with Crippen molar-refractivity contribution in [1.82, 2.24) is 20.1 Å². The van der Waals surface area contributed by atoms with Gasteiger partial charge in [0.05, 0.1) is 29.4 Å². The Balaban J connectivity index is 1.66. The van der Waals surface area contributed by atoms with E-state index in [-0.39, 0.29) is 18.1 Å². The molecular formula is C15H20N4O2S. The highest BCUT2D eigenvalue weighted by Crippen LogP contribution is 2.31. The number of nitrogens with zero attached hydrogens (tertiary/aromatic N) is 3. The molecule has 1 fully saturated rings. The van der Waals surface area contributed by atoms with Crippen molar-refractivity contribution in [3.8, 4) is 0 Å². The lowest BCUT2D eigenvalue weighted by molar-refractivity contribution is -0.121. The lowest BCUT2D eigenvalue weighted by atomic mass is 10.0. The summed E-state index contributed by atoms with van der Waals surface area (Å²) in [6, 6.07) is -0.00451. The maximum Gasteiger partial charge on any atom is 0.226 e. The summed E-state index contributed by atoms with van der Waals surface area (Å²) >= 11 is 1.56. The first-order valence-electron chi connectivity index (χ1n) is 7.35. The number of amides is 1. The van der Waals surface area contributed by atoms with Gasteiger partial charge in [-0.05, 0) is 20.3 Å². The predicted octanol–water partition coefficient (Wildman–Crippen LogP) is 1.68. The van der Waals surface area contributed by atoms with Crippen LogP contribution in [0.4, 0.5) is 0 Å². The smallest absolute Gasteiger partial charge is 0.226 e. The molecule has 3 heterocycles. The molecule has 2 aromatic rings. The van der Waals surface area contributed by atoms with Gasteiger partial charge in [0.1, 0.15) is 6.10 Å². The van der Waals surface area contributed by atoms with Crippen molar-refractivity contribution >= 4 is 17.2 Å². The second-order valence-corrected chi connectivity index (χ2v) is 6.66. The van der Waals surface area contributed by atoms with Gasteiger partial charge in [-0.15, -0.1) is 11.3 Å². The Morgan fingerprint density at radius 3 is 3.00 bits per heavy atom. The highest BCUT2D eigenvalue weighted by atomic mass is 32.1. The second kappa shape index (κ2) is 6.18. The highest BCUT2D eigenvalue weighted by Gasteiger charge is 2.33. The van der Waals surface area contributed by atoms with E-state index in [1.165, 1.54) is 0 Å². The fourth-order valence-corrected chi connectivity index (χ4v) is 3.36. The third-order valence-corrected chi connectivity index (χ3v) is 4.85. The standard InChI is InChI=1S/C15H20N4O2S/c1-9-12(7-16-19(9)3)15-13(4-5-21-15)18-14(20)6-11-8-22-10(2)17-11/h7-8,13,15H,4-6H2,1-3H3,(H,18,20)/t13-,15+/m0/s1. The summed E-state index contributed by atoms with van der Waals surface area (Å²) in [5.74, 6) is -0.00709. The largest absolute Gasteiger partial charge is 0.371 e. The molecule has 1 amide bonds. The van der Waals surface area contributed by atoms with Crippen LogP contribution in [-0.2, 0) is 23.0 Å². The fraction of sp³-hybridized carbons (Fsp3) is 0.533. The van der Waals surface area contributed by atoms with Gasteiger partial charge in [-0.2, -0.15) is 5.10 Å². The molecule has 2 aromatic heterocycles. The van der Waals surface area contributed by atoms with Crippen molar-refractivity contribution in [2.75, 3.05) is 6.61 Å². The normalized spacial score (nSPS) is 21.2. The Labute approximate surface area is 133 Å². The summed E-state index contributed by atoms with van der Waals surface area (Å²) in [7, 11) is 1.91. The molecule has 0 bridgehead atoms. The molecule has 0 radical (unpaired) electrons. The SMILES string of the molecule is Cc1nc(CC(=O)N[C@H]2CCO[C@@H]2c2cnn(C)c2C)cs1. The third kappa shape index (κ3) is 3.05. The van der Waals surface area contributed by atoms with Crippen LogP contribution in [0.25, 0.3) is 0 Å². The van der Waals surface area contributed by atoms with E-state index in [1.807, 2.05) is 37.2 Å². The zero-order chi connectivity index (χ0) is 15.7. The number of rotatable bonds is 4. The number of aryl methyl sites for hydroxylation is 2. The number of nitrogens with one attached hydrogen (secondary N) is 1. The Hall–Kier alpha value is -1.73. The molecule has 1 N–H and O–H groups in total. The van der Waals surface area contributed by atoms with E-state index in [1.54, 1.807) is 11.3 Å². The summed E-state index contributed by atoms with van der Waals surface area (Å²) in [5.41, 5.74) is 2.95. The molecule has 0 unspecified atom stereocenters. The van der Waals surface area contributed by atoms with Gasteiger partial charge < -0.3 is 10.1 Å². The lowest BCUT2D eigenvalue weighted by Gasteiger charge is -2.19. The molecule has 2 atom stereocenters. The van der Waals surface area contributed by atoms with Crippen LogP contribution < -0.4 is 5.32 Å². The molecular weight excluding hydrogens is 300 g/mol. The Kier molecular flexibility index (Phi) is 4.26. The van der Waals surface area contributed by atoms with Crippen LogP contribution in [0.3, 0.4) is 0 Å². The summed E-state index contributed by atoms with van der Waals surface area (Å²) in [6.07, 6.45) is 2.85. The van der Waals surface area contributed by atoms with Crippen LogP contribution in [0.15, 0.2) is 11.6 Å². The minimum Gasteiger partial charge on any atom is -0.371 e. The van der Waals surface area contributed by atoms with Crippen molar-refractivity contribution in [3.05, 3.63) is 33.5 Å². The summed E-state index contributed by atoms with van der Waals surface area (Å²) in [4.78, 5) is 16.6. The molecule has 0 saturated carbocycles. The predicted molar refractivity (Wildman–Crippen MR) is 83.7 cm³/mol. The Bertz CT molecular complexity index is 679. The van der Waals surface area contributed by atoms with Gasteiger partial charge in [-0.25, -0.2) is 4.98 Å². The summed E-state index contributed by atoms with van der Waals surface area (Å²) in [5, 5.41) is 10.3. The highest BCUT2D eigenvalue weighted by molar-refractivity contribution is 7.09. The minimum absolute atomic E-state index is 0.00451. The number of hydrogen-bond donors (Lipinski definition) is 1. The monoisotopic (exact) mass is 320 g/mol. The van der Waals surface area contributed by atoms with Crippen LogP contribution in [0.5, 0.6) is 0 Å². The average Bonchev–Trinajstić information content (AvgIpc) is 3.15. The first-order valence-corrected chi connectivity index (χ1v) is 8.23. The first kappa shape index (κ1) is 15.2. The number of ether oxygens (including phenoxy) is 1. The molecule has 0 aliphatic carbocycles. The molecule has 1 aliphatic heterocycles. The number of carbonyl (C=O) groups is 1. The van der Waals surface area contributed by atoms with Crippen LogP contribution in [0, 0.1) is 13.8 Å². The zero-order valence-corrected chi connectivity index (χ0v) is 13.8. The number of aromatic nitrogens is 3. The second-order valence-electron chi connectivity index (χ2n) is 5.60. The average molecular weight is 320 g/mol. The van der Waals surface area contributed by atoms with Crippen LogP contribution in [0.2, 0.25) is 0 Å². The fourth-order valence-electron chi connectivity index (χ4n) is 2.75. The van der Waals surface area contributed by atoms with Crippen molar-refractivity contribution in [2.45, 2.75) is 38.8 Å². The van der Waals surface area contributed by atoms with Gasteiger partial charge in [0.2, 0.25) is 5.91 Å². The molecule has 3 rings (SSSR count). The third-order valence-electron chi connectivity index (χ3n) is 4.03. The molecule has 7 heteroatoms. The lowest BCUT2D eigenvalue weighted by Crippen LogP contribution is -2.37. The number of thiazole rings is 1. The molecule has 1 aliphatic rings. The maximum absolute atomic E-state index is 12.2. The van der Waals surface area contributed by atoms with E-state index in [0.29, 0.717) is 13.0 Å². The molecule has 118 valence electrons. The van der Waals surface area contributed by atoms with E-state index in [2.05, 4.69) is 15.4 Å². The van der Waals surface area contributed by atoms with Crippen molar-refractivity contribution in [1.29, 1.82) is 0 Å². The van der Waals surface area contributed by atoms with Gasteiger partial charge in [0.15, 0.2) is 0 Å². The van der Waals surface area contributed by atoms with Crippen LogP contribution in [-0.4, -0.2) is 33.3 Å². The van der Waals surface area contributed by atoms with Gasteiger partial charge in [-0.1, -0.05) is 0 Å². The quantitative estimate of drug-likeness (QED) is 0.930. The van der Waals surface area contributed by atoms with E-state index < -0.39 is 0 Å². The van der Waals surface area contributed by atoms with Gasteiger partial charge in [0.25, 0.3) is 0 Å².